The van der Waals surface area contributed by atoms with Crippen molar-refractivity contribution in [2.24, 2.45) is 0 Å². The van der Waals surface area contributed by atoms with E-state index in [2.05, 4.69) is 10.6 Å². The van der Waals surface area contributed by atoms with Gasteiger partial charge in [-0.05, 0) is 26.1 Å². The molecule has 1 atom stereocenters. The normalized spacial score (nSPS) is 12.0. The van der Waals surface area contributed by atoms with E-state index in [1.165, 1.54) is 18.2 Å². The van der Waals surface area contributed by atoms with Crippen molar-refractivity contribution >= 4 is 17.5 Å². The van der Waals surface area contributed by atoms with Crippen LogP contribution in [-0.2, 0) is 4.79 Å². The Morgan fingerprint density at radius 1 is 1.56 bits per heavy atom. The van der Waals surface area contributed by atoms with Crippen molar-refractivity contribution in [2.45, 2.75) is 13.0 Å². The van der Waals surface area contributed by atoms with Crippen LogP contribution in [0.5, 0.6) is 5.75 Å². The van der Waals surface area contributed by atoms with Gasteiger partial charge in [0.25, 0.3) is 5.91 Å². The first-order valence-corrected chi connectivity index (χ1v) is 5.92. The summed E-state index contributed by atoms with van der Waals surface area (Å²) in [7, 11) is 1.81. The molecule has 0 saturated carbocycles. The van der Waals surface area contributed by atoms with E-state index in [4.69, 9.17) is 16.3 Å². The van der Waals surface area contributed by atoms with Crippen molar-refractivity contribution in [3.8, 4) is 5.75 Å². The maximum absolute atomic E-state index is 12.9. The van der Waals surface area contributed by atoms with Crippen LogP contribution in [0.25, 0.3) is 0 Å². The first-order chi connectivity index (χ1) is 8.52. The van der Waals surface area contributed by atoms with Crippen molar-refractivity contribution in [2.75, 3.05) is 20.2 Å². The van der Waals surface area contributed by atoms with Crippen LogP contribution in [0, 0.1) is 5.82 Å². The summed E-state index contributed by atoms with van der Waals surface area (Å²) in [6, 6.07) is 4.14. The van der Waals surface area contributed by atoms with E-state index < -0.39 is 5.82 Å². The lowest BCUT2D eigenvalue weighted by atomic mass is 10.3. The Bertz CT molecular complexity index is 415. The number of hydrogen-bond donors (Lipinski definition) is 2. The molecule has 0 aromatic heterocycles. The van der Waals surface area contributed by atoms with Gasteiger partial charge >= 0.3 is 0 Å². The number of carbonyl (C=O) groups excluding carboxylic acids is 1. The molecule has 2 N–H and O–H groups in total. The molecule has 0 radical (unpaired) electrons. The van der Waals surface area contributed by atoms with E-state index in [-0.39, 0.29) is 23.6 Å². The third kappa shape index (κ3) is 4.89. The lowest BCUT2D eigenvalue weighted by molar-refractivity contribution is -0.123. The molecule has 18 heavy (non-hydrogen) atoms. The average molecular weight is 275 g/mol. The maximum atomic E-state index is 12.9. The molecule has 0 spiro atoms. The van der Waals surface area contributed by atoms with Gasteiger partial charge in [-0.2, -0.15) is 0 Å². The molecule has 0 saturated heterocycles. The monoisotopic (exact) mass is 274 g/mol. The number of hydrogen-bond acceptors (Lipinski definition) is 3. The highest BCUT2D eigenvalue weighted by molar-refractivity contribution is 6.30. The number of benzene rings is 1. The topological polar surface area (TPSA) is 50.4 Å². The molecule has 0 aliphatic rings. The van der Waals surface area contributed by atoms with Crippen molar-refractivity contribution < 1.29 is 13.9 Å². The fourth-order valence-corrected chi connectivity index (χ4v) is 1.31. The van der Waals surface area contributed by atoms with Gasteiger partial charge in [0.2, 0.25) is 0 Å². The summed E-state index contributed by atoms with van der Waals surface area (Å²) < 4.78 is 18.1. The van der Waals surface area contributed by atoms with Crippen molar-refractivity contribution in [1.82, 2.24) is 10.6 Å². The number of rotatable bonds is 6. The number of likely N-dealkylation sites (N-methyl/N-ethyl adjacent to an activating group) is 1. The molecule has 6 heteroatoms. The van der Waals surface area contributed by atoms with Gasteiger partial charge in [0.05, 0.1) is 5.02 Å². The Balaban J connectivity index is 2.36. The average Bonchev–Trinajstić information content (AvgIpc) is 2.37. The minimum atomic E-state index is -0.517. The lowest BCUT2D eigenvalue weighted by Crippen LogP contribution is -2.39. The van der Waals surface area contributed by atoms with Crippen LogP contribution in [-0.4, -0.2) is 32.1 Å². The molecule has 0 aliphatic heterocycles. The Hall–Kier alpha value is -1.33. The summed E-state index contributed by atoms with van der Waals surface area (Å²) in [5, 5.41) is 5.66. The second-order valence-corrected chi connectivity index (χ2v) is 4.27. The Morgan fingerprint density at radius 3 is 2.89 bits per heavy atom. The van der Waals surface area contributed by atoms with Crippen LogP contribution in [0.2, 0.25) is 5.02 Å². The molecule has 1 amide bonds. The standard InChI is InChI=1S/C12H16ClFN2O2/c1-8(15-2)6-16-12(17)7-18-9-3-4-11(14)10(13)5-9/h3-5,8,15H,6-7H2,1-2H3,(H,16,17). The van der Waals surface area contributed by atoms with Crippen molar-refractivity contribution in [3.63, 3.8) is 0 Å². The van der Waals surface area contributed by atoms with Crippen LogP contribution < -0.4 is 15.4 Å². The van der Waals surface area contributed by atoms with Crippen LogP contribution in [0.4, 0.5) is 4.39 Å². The largest absolute Gasteiger partial charge is 0.484 e. The van der Waals surface area contributed by atoms with Gasteiger partial charge < -0.3 is 15.4 Å². The second-order valence-electron chi connectivity index (χ2n) is 3.86. The fourth-order valence-electron chi connectivity index (χ4n) is 1.14. The van der Waals surface area contributed by atoms with E-state index >= 15 is 0 Å². The van der Waals surface area contributed by atoms with E-state index in [1.54, 1.807) is 0 Å². The first kappa shape index (κ1) is 14.7. The number of amides is 1. The van der Waals surface area contributed by atoms with E-state index in [1.807, 2.05) is 14.0 Å². The Labute approximate surface area is 110 Å². The molecule has 4 nitrogen and oxygen atoms in total. The summed E-state index contributed by atoms with van der Waals surface area (Å²) in [5.74, 6) is -0.396. The van der Waals surface area contributed by atoms with Gasteiger partial charge in [-0.25, -0.2) is 4.39 Å². The number of nitrogens with one attached hydrogen (secondary N) is 2. The number of carbonyl (C=O) groups is 1. The molecule has 1 unspecified atom stereocenters. The van der Waals surface area contributed by atoms with Gasteiger partial charge in [-0.15, -0.1) is 0 Å². The minimum Gasteiger partial charge on any atom is -0.484 e. The smallest absolute Gasteiger partial charge is 0.257 e. The van der Waals surface area contributed by atoms with Gasteiger partial charge in [0, 0.05) is 18.7 Å². The maximum Gasteiger partial charge on any atom is 0.257 e. The van der Waals surface area contributed by atoms with E-state index in [9.17, 15) is 9.18 Å². The van der Waals surface area contributed by atoms with Crippen LogP contribution in [0.15, 0.2) is 18.2 Å². The zero-order chi connectivity index (χ0) is 13.5. The summed E-state index contributed by atoms with van der Waals surface area (Å²) in [5.41, 5.74) is 0. The fraction of sp³-hybridized carbons (Fsp3) is 0.417. The second kappa shape index (κ2) is 7.18. The third-order valence-corrected chi connectivity index (χ3v) is 2.65. The van der Waals surface area contributed by atoms with Crippen LogP contribution in [0.3, 0.4) is 0 Å². The van der Waals surface area contributed by atoms with E-state index in [0.717, 1.165) is 0 Å². The zero-order valence-electron chi connectivity index (χ0n) is 10.3. The number of ether oxygens (including phenoxy) is 1. The molecule has 0 bridgehead atoms. The molecular formula is C12H16ClFN2O2. The van der Waals surface area contributed by atoms with Gasteiger partial charge in [0.1, 0.15) is 11.6 Å². The molecule has 100 valence electrons. The summed E-state index contributed by atoms with van der Waals surface area (Å²) >= 11 is 5.59. The number of halogens is 2. The molecule has 1 aromatic rings. The molecular weight excluding hydrogens is 259 g/mol. The zero-order valence-corrected chi connectivity index (χ0v) is 11.1. The third-order valence-electron chi connectivity index (χ3n) is 2.36. The Morgan fingerprint density at radius 2 is 2.28 bits per heavy atom. The van der Waals surface area contributed by atoms with Crippen molar-refractivity contribution in [1.29, 1.82) is 0 Å². The summed E-state index contributed by atoms with van der Waals surface area (Å²) in [6.45, 7) is 2.34. The first-order valence-electron chi connectivity index (χ1n) is 5.54. The highest BCUT2D eigenvalue weighted by atomic mass is 35.5. The SMILES string of the molecule is CNC(C)CNC(=O)COc1ccc(F)c(Cl)c1. The van der Waals surface area contributed by atoms with E-state index in [0.29, 0.717) is 12.3 Å². The van der Waals surface area contributed by atoms with Gasteiger partial charge in [-0.3, -0.25) is 4.79 Å². The quantitative estimate of drug-likeness (QED) is 0.828. The lowest BCUT2D eigenvalue weighted by Gasteiger charge is -2.12. The van der Waals surface area contributed by atoms with Gasteiger partial charge in [0.15, 0.2) is 6.61 Å². The predicted molar refractivity (Wildman–Crippen MR) is 68.4 cm³/mol. The molecule has 0 heterocycles. The predicted octanol–water partition coefficient (Wildman–Crippen LogP) is 1.58. The van der Waals surface area contributed by atoms with Gasteiger partial charge in [-0.1, -0.05) is 11.6 Å². The highest BCUT2D eigenvalue weighted by Gasteiger charge is 2.06. The van der Waals surface area contributed by atoms with Crippen LogP contribution in [0.1, 0.15) is 6.92 Å². The molecule has 0 fully saturated rings. The van der Waals surface area contributed by atoms with Crippen molar-refractivity contribution in [3.05, 3.63) is 29.0 Å². The minimum absolute atomic E-state index is 0.0308. The molecule has 1 rings (SSSR count). The summed E-state index contributed by atoms with van der Waals surface area (Å²) in [6.07, 6.45) is 0. The molecule has 1 aromatic carbocycles. The van der Waals surface area contributed by atoms with Crippen LogP contribution >= 0.6 is 11.6 Å². The molecule has 0 aliphatic carbocycles. The highest BCUT2D eigenvalue weighted by Crippen LogP contribution is 2.20. The summed E-state index contributed by atoms with van der Waals surface area (Å²) in [4.78, 5) is 11.4. The Kier molecular flexibility index (Phi) is 5.88.